The lowest BCUT2D eigenvalue weighted by molar-refractivity contribution is 0.144. The minimum absolute atomic E-state index is 0.206. The summed E-state index contributed by atoms with van der Waals surface area (Å²) in [6, 6.07) is 9.52. The van der Waals surface area contributed by atoms with Gasteiger partial charge in [-0.3, -0.25) is 0 Å². The van der Waals surface area contributed by atoms with Crippen LogP contribution in [0.4, 0.5) is 4.39 Å². The van der Waals surface area contributed by atoms with Gasteiger partial charge in [0.15, 0.2) is 12.0 Å². The minimum Gasteiger partial charge on any atom is -0.320 e. The molecule has 0 amide bonds. The highest BCUT2D eigenvalue weighted by atomic mass is 19.1. The fraction of sp³-hybridized carbons (Fsp3) is 0.333. The third-order valence-corrected chi connectivity index (χ3v) is 3.54. The van der Waals surface area contributed by atoms with Gasteiger partial charge in [0, 0.05) is 17.3 Å². The quantitative estimate of drug-likeness (QED) is 0.893. The van der Waals surface area contributed by atoms with Crippen LogP contribution < -0.4 is 5.43 Å². The number of hydrazine groups is 1. The van der Waals surface area contributed by atoms with Gasteiger partial charge in [-0.1, -0.05) is 30.3 Å². The highest BCUT2D eigenvalue weighted by molar-refractivity contribution is 5.71. The summed E-state index contributed by atoms with van der Waals surface area (Å²) < 4.78 is 14.8. The van der Waals surface area contributed by atoms with Crippen LogP contribution in [0.2, 0.25) is 0 Å². The topological polar surface area (TPSA) is 40.0 Å². The van der Waals surface area contributed by atoms with Crippen LogP contribution in [0.25, 0.3) is 5.70 Å². The van der Waals surface area contributed by atoms with Crippen molar-refractivity contribution < 1.29 is 4.39 Å². The van der Waals surface area contributed by atoms with Crippen molar-refractivity contribution in [3.05, 3.63) is 53.0 Å². The molecule has 4 nitrogen and oxygen atoms in total. The molecule has 0 saturated heterocycles. The molecule has 1 unspecified atom stereocenters. The number of hydrogen-bond donors (Lipinski definition) is 1. The van der Waals surface area contributed by atoms with Gasteiger partial charge in [-0.15, -0.1) is 0 Å². The standard InChI is InChI=1S/C15H17FN4/c1-9(2)20-15-12(10(3)19-20)13(16)14(17-18-15)11-7-5-4-6-8-11/h4-9,15,19H,1-3H3. The van der Waals surface area contributed by atoms with Crippen LogP contribution in [0, 0.1) is 0 Å². The predicted octanol–water partition coefficient (Wildman–Crippen LogP) is 3.62. The van der Waals surface area contributed by atoms with Crippen molar-refractivity contribution in [2.75, 3.05) is 0 Å². The van der Waals surface area contributed by atoms with E-state index >= 15 is 0 Å². The van der Waals surface area contributed by atoms with Crippen LogP contribution in [0.15, 0.2) is 57.7 Å². The number of halogens is 1. The molecule has 5 heteroatoms. The van der Waals surface area contributed by atoms with Crippen molar-refractivity contribution in [1.29, 1.82) is 0 Å². The first-order valence-electron chi connectivity index (χ1n) is 6.71. The molecule has 0 aliphatic carbocycles. The monoisotopic (exact) mass is 272 g/mol. The molecule has 0 saturated carbocycles. The van der Waals surface area contributed by atoms with Gasteiger partial charge in [0.05, 0.1) is 5.57 Å². The van der Waals surface area contributed by atoms with Crippen LogP contribution in [0.5, 0.6) is 0 Å². The Morgan fingerprint density at radius 2 is 1.95 bits per heavy atom. The first-order valence-corrected chi connectivity index (χ1v) is 6.71. The highest BCUT2D eigenvalue weighted by Crippen LogP contribution is 2.38. The Labute approximate surface area is 117 Å². The van der Waals surface area contributed by atoms with E-state index in [4.69, 9.17) is 0 Å². The molecule has 1 N–H and O–H groups in total. The number of hydrogen-bond acceptors (Lipinski definition) is 4. The van der Waals surface area contributed by atoms with Crippen molar-refractivity contribution in [2.24, 2.45) is 10.2 Å². The molecular weight excluding hydrogens is 255 g/mol. The fourth-order valence-electron chi connectivity index (χ4n) is 2.51. The number of azo groups is 1. The average Bonchev–Trinajstić information content (AvgIpc) is 2.78. The van der Waals surface area contributed by atoms with Crippen molar-refractivity contribution >= 4 is 5.70 Å². The molecule has 0 spiro atoms. The summed E-state index contributed by atoms with van der Waals surface area (Å²) in [5, 5.41) is 10.3. The average molecular weight is 272 g/mol. The number of allylic oxidation sites excluding steroid dienone is 1. The Bertz CT molecular complexity index is 616. The van der Waals surface area contributed by atoms with Crippen molar-refractivity contribution in [1.82, 2.24) is 10.4 Å². The second-order valence-electron chi connectivity index (χ2n) is 5.27. The molecule has 2 aliphatic rings. The second kappa shape index (κ2) is 4.83. The molecule has 0 fully saturated rings. The van der Waals surface area contributed by atoms with E-state index in [0.29, 0.717) is 11.3 Å². The van der Waals surface area contributed by atoms with Gasteiger partial charge >= 0.3 is 0 Å². The van der Waals surface area contributed by atoms with E-state index in [2.05, 4.69) is 15.7 Å². The summed E-state index contributed by atoms with van der Waals surface area (Å²) in [5.41, 5.74) is 5.63. The van der Waals surface area contributed by atoms with E-state index in [1.165, 1.54) is 0 Å². The van der Waals surface area contributed by atoms with E-state index < -0.39 is 0 Å². The van der Waals surface area contributed by atoms with Gasteiger partial charge in [-0.05, 0) is 20.8 Å². The molecule has 104 valence electrons. The molecule has 1 aromatic rings. The van der Waals surface area contributed by atoms with E-state index in [1.807, 2.05) is 56.1 Å². The Kier molecular flexibility index (Phi) is 3.14. The third kappa shape index (κ3) is 1.94. The van der Waals surface area contributed by atoms with Crippen molar-refractivity contribution in [3.8, 4) is 0 Å². The molecule has 0 bridgehead atoms. The SMILES string of the molecule is CC1=C2C(F)=C(c3ccccc3)N=NC2N(C(C)C)N1. The first kappa shape index (κ1) is 13.0. The zero-order valence-corrected chi connectivity index (χ0v) is 11.8. The van der Waals surface area contributed by atoms with Crippen molar-refractivity contribution in [2.45, 2.75) is 33.0 Å². The van der Waals surface area contributed by atoms with E-state index in [9.17, 15) is 4.39 Å². The molecule has 2 aliphatic heterocycles. The van der Waals surface area contributed by atoms with Gasteiger partial charge in [0.1, 0.15) is 5.70 Å². The molecule has 1 atom stereocenters. The summed E-state index contributed by atoms with van der Waals surface area (Å²) in [7, 11) is 0. The third-order valence-electron chi connectivity index (χ3n) is 3.54. The van der Waals surface area contributed by atoms with Crippen LogP contribution >= 0.6 is 0 Å². The lowest BCUT2D eigenvalue weighted by atomic mass is 10.0. The summed E-state index contributed by atoms with van der Waals surface area (Å²) in [4.78, 5) is 0. The smallest absolute Gasteiger partial charge is 0.170 e. The lowest BCUT2D eigenvalue weighted by Crippen LogP contribution is -2.43. The van der Waals surface area contributed by atoms with Crippen LogP contribution in [0.3, 0.4) is 0 Å². The molecule has 2 heterocycles. The lowest BCUT2D eigenvalue weighted by Gasteiger charge is -2.27. The summed E-state index contributed by atoms with van der Waals surface area (Å²) in [6.07, 6.45) is -0.373. The Hall–Kier alpha value is -2.01. The van der Waals surface area contributed by atoms with Gasteiger partial charge in [0.25, 0.3) is 0 Å². The predicted molar refractivity (Wildman–Crippen MR) is 75.9 cm³/mol. The first-order chi connectivity index (χ1) is 9.59. The normalized spacial score (nSPS) is 22.6. The second-order valence-corrected chi connectivity index (χ2v) is 5.27. The fourth-order valence-corrected chi connectivity index (χ4v) is 2.51. The van der Waals surface area contributed by atoms with Crippen LogP contribution in [-0.2, 0) is 0 Å². The molecule has 0 aromatic heterocycles. The summed E-state index contributed by atoms with van der Waals surface area (Å²) >= 11 is 0. The maximum Gasteiger partial charge on any atom is 0.170 e. The number of benzene rings is 1. The number of fused-ring (bicyclic) bond motifs is 1. The largest absolute Gasteiger partial charge is 0.320 e. The number of rotatable bonds is 2. The Balaban J connectivity index is 2.04. The van der Waals surface area contributed by atoms with Gasteiger partial charge in [0.2, 0.25) is 0 Å². The maximum absolute atomic E-state index is 14.8. The maximum atomic E-state index is 14.8. The summed E-state index contributed by atoms with van der Waals surface area (Å²) in [6.45, 7) is 5.94. The van der Waals surface area contributed by atoms with Crippen LogP contribution in [-0.4, -0.2) is 17.2 Å². The molecule has 1 aromatic carbocycles. The summed E-state index contributed by atoms with van der Waals surface area (Å²) in [5.74, 6) is -0.288. The van der Waals surface area contributed by atoms with E-state index in [-0.39, 0.29) is 18.0 Å². The van der Waals surface area contributed by atoms with Crippen molar-refractivity contribution in [3.63, 3.8) is 0 Å². The Morgan fingerprint density at radius 3 is 2.60 bits per heavy atom. The molecule has 3 rings (SSSR count). The molecule has 0 radical (unpaired) electrons. The Morgan fingerprint density at radius 1 is 1.25 bits per heavy atom. The molecule has 20 heavy (non-hydrogen) atoms. The minimum atomic E-state index is -0.373. The zero-order chi connectivity index (χ0) is 14.3. The van der Waals surface area contributed by atoms with Crippen LogP contribution in [0.1, 0.15) is 26.3 Å². The zero-order valence-electron chi connectivity index (χ0n) is 11.8. The van der Waals surface area contributed by atoms with E-state index in [1.54, 1.807) is 0 Å². The van der Waals surface area contributed by atoms with Gasteiger partial charge in [-0.2, -0.15) is 15.2 Å². The van der Waals surface area contributed by atoms with Gasteiger partial charge in [-0.25, -0.2) is 4.39 Å². The highest BCUT2D eigenvalue weighted by Gasteiger charge is 2.38. The molecular formula is C15H17FN4. The number of nitrogens with one attached hydrogen (secondary N) is 1. The van der Waals surface area contributed by atoms with Gasteiger partial charge < -0.3 is 5.43 Å². The van der Waals surface area contributed by atoms with E-state index in [0.717, 1.165) is 11.3 Å². The number of nitrogens with zero attached hydrogens (tertiary/aromatic N) is 3.